The summed E-state index contributed by atoms with van der Waals surface area (Å²) in [4.78, 5) is 0. The molecule has 2 N–H and O–H groups in total. The number of benzene rings is 1. The van der Waals surface area contributed by atoms with E-state index in [1.165, 1.54) is 0 Å². The molecule has 2 rings (SSSR count). The summed E-state index contributed by atoms with van der Waals surface area (Å²) in [6.45, 7) is 0. The lowest BCUT2D eigenvalue weighted by Crippen LogP contribution is -2.32. The number of aliphatic hydroxyl groups excluding tert-OH is 1. The van der Waals surface area contributed by atoms with Gasteiger partial charge in [0.05, 0.1) is 17.7 Å². The molecule has 0 heterocycles. The monoisotopic (exact) mass is 351 g/mol. The Bertz CT molecular complexity index is 464. The zero-order valence-corrected chi connectivity index (χ0v) is 12.5. The average molecular weight is 352 g/mol. The van der Waals surface area contributed by atoms with E-state index in [-0.39, 0.29) is 6.04 Å². The molecule has 2 nitrogen and oxygen atoms in total. The molecule has 1 aliphatic carbocycles. The number of rotatable bonds is 2. The van der Waals surface area contributed by atoms with Gasteiger partial charge in [-0.3, -0.25) is 0 Å². The third-order valence-electron chi connectivity index (χ3n) is 3.56. The first-order valence-corrected chi connectivity index (χ1v) is 7.48. The topological polar surface area (TPSA) is 32.3 Å². The quantitative estimate of drug-likeness (QED) is 0.764. The van der Waals surface area contributed by atoms with Gasteiger partial charge in [-0.1, -0.05) is 35.2 Å². The van der Waals surface area contributed by atoms with Gasteiger partial charge in [-0.25, -0.2) is 0 Å². The van der Waals surface area contributed by atoms with Gasteiger partial charge in [0.15, 0.2) is 0 Å². The molecule has 2 atom stereocenters. The molecule has 1 fully saturated rings. The highest BCUT2D eigenvalue weighted by molar-refractivity contribution is 9.10. The molecule has 0 radical (unpaired) electrons. The van der Waals surface area contributed by atoms with Crippen LogP contribution in [0.15, 0.2) is 22.7 Å². The van der Waals surface area contributed by atoms with Crippen LogP contribution < -0.4 is 5.32 Å². The number of alkyl halides is 3. The standard InChI is InChI=1S/C14H17BrF3NO/c15-10-6-9(14(16,17)18)7-11(8-10)19-12-4-2-1-3-5-13(12)20/h6-8,12-13,19-20H,1-5H2. The summed E-state index contributed by atoms with van der Waals surface area (Å²) in [5, 5.41) is 13.1. The van der Waals surface area contributed by atoms with Crippen LogP contribution in [0.2, 0.25) is 0 Å². The summed E-state index contributed by atoms with van der Waals surface area (Å²) in [5.41, 5.74) is -0.310. The minimum atomic E-state index is -4.37. The molecule has 1 saturated carbocycles. The summed E-state index contributed by atoms with van der Waals surface area (Å²) in [6.07, 6.45) is -0.414. The van der Waals surface area contributed by atoms with E-state index in [0.717, 1.165) is 37.8 Å². The first-order chi connectivity index (χ1) is 9.36. The zero-order valence-electron chi connectivity index (χ0n) is 10.9. The van der Waals surface area contributed by atoms with E-state index >= 15 is 0 Å². The second-order valence-corrected chi connectivity index (χ2v) is 6.10. The molecule has 20 heavy (non-hydrogen) atoms. The number of hydrogen-bond acceptors (Lipinski definition) is 2. The van der Waals surface area contributed by atoms with Gasteiger partial charge in [-0.05, 0) is 31.0 Å². The fourth-order valence-corrected chi connectivity index (χ4v) is 3.00. The van der Waals surface area contributed by atoms with Crippen molar-refractivity contribution in [1.82, 2.24) is 0 Å². The molecular formula is C14H17BrF3NO. The highest BCUT2D eigenvalue weighted by atomic mass is 79.9. The molecule has 112 valence electrons. The van der Waals surface area contributed by atoms with E-state index in [1.54, 1.807) is 6.07 Å². The Balaban J connectivity index is 2.18. The Labute approximate surface area is 124 Å². The predicted octanol–water partition coefficient (Wildman–Crippen LogP) is 4.57. The van der Waals surface area contributed by atoms with Gasteiger partial charge in [-0.2, -0.15) is 13.2 Å². The molecule has 1 aromatic rings. The van der Waals surface area contributed by atoms with E-state index in [1.807, 2.05) is 0 Å². The van der Waals surface area contributed by atoms with Gasteiger partial charge >= 0.3 is 6.18 Å². The van der Waals surface area contributed by atoms with Crippen LogP contribution in [0.5, 0.6) is 0 Å². The lowest BCUT2D eigenvalue weighted by Gasteiger charge is -2.23. The zero-order chi connectivity index (χ0) is 14.8. The van der Waals surface area contributed by atoms with Gasteiger partial charge in [0.25, 0.3) is 0 Å². The average Bonchev–Trinajstić information content (AvgIpc) is 2.53. The van der Waals surface area contributed by atoms with E-state index in [0.29, 0.717) is 16.6 Å². The van der Waals surface area contributed by atoms with Crippen LogP contribution in [0, 0.1) is 0 Å². The molecule has 0 amide bonds. The van der Waals surface area contributed by atoms with Crippen molar-refractivity contribution in [3.05, 3.63) is 28.2 Å². The predicted molar refractivity (Wildman–Crippen MR) is 75.6 cm³/mol. The normalized spacial score (nSPS) is 24.2. The summed E-state index contributed by atoms with van der Waals surface area (Å²) in [6, 6.07) is 3.55. The largest absolute Gasteiger partial charge is 0.416 e. The van der Waals surface area contributed by atoms with Crippen LogP contribution in [0.25, 0.3) is 0 Å². The van der Waals surface area contributed by atoms with Crippen LogP contribution in [0.3, 0.4) is 0 Å². The Morgan fingerprint density at radius 3 is 2.50 bits per heavy atom. The second-order valence-electron chi connectivity index (χ2n) is 5.18. The van der Waals surface area contributed by atoms with E-state index in [9.17, 15) is 18.3 Å². The fourth-order valence-electron chi connectivity index (χ4n) is 2.51. The Morgan fingerprint density at radius 1 is 1.10 bits per heavy atom. The van der Waals surface area contributed by atoms with Crippen LogP contribution in [0.4, 0.5) is 18.9 Å². The SMILES string of the molecule is OC1CCCCCC1Nc1cc(Br)cc(C(F)(F)F)c1. The Morgan fingerprint density at radius 2 is 1.80 bits per heavy atom. The molecule has 1 aromatic carbocycles. The van der Waals surface area contributed by atoms with E-state index < -0.39 is 17.8 Å². The van der Waals surface area contributed by atoms with Crippen molar-refractivity contribution in [2.75, 3.05) is 5.32 Å². The number of nitrogens with one attached hydrogen (secondary N) is 1. The second kappa shape index (κ2) is 6.35. The highest BCUT2D eigenvalue weighted by Gasteiger charge is 2.31. The molecule has 0 saturated heterocycles. The third kappa shape index (κ3) is 4.12. The van der Waals surface area contributed by atoms with Crippen LogP contribution >= 0.6 is 15.9 Å². The van der Waals surface area contributed by atoms with Crippen molar-refractivity contribution in [2.24, 2.45) is 0 Å². The molecule has 2 unspecified atom stereocenters. The van der Waals surface area contributed by atoms with Crippen LogP contribution in [-0.4, -0.2) is 17.3 Å². The molecule has 0 aromatic heterocycles. The maximum Gasteiger partial charge on any atom is 0.416 e. The maximum absolute atomic E-state index is 12.8. The van der Waals surface area contributed by atoms with Crippen molar-refractivity contribution in [1.29, 1.82) is 0 Å². The number of hydrogen-bond donors (Lipinski definition) is 2. The van der Waals surface area contributed by atoms with Gasteiger partial charge in [0.2, 0.25) is 0 Å². The smallest absolute Gasteiger partial charge is 0.391 e. The maximum atomic E-state index is 12.8. The number of aliphatic hydroxyl groups is 1. The fraction of sp³-hybridized carbons (Fsp3) is 0.571. The van der Waals surface area contributed by atoms with E-state index in [4.69, 9.17) is 0 Å². The van der Waals surface area contributed by atoms with Crippen molar-refractivity contribution in [3.8, 4) is 0 Å². The molecule has 0 spiro atoms. The molecule has 1 aliphatic rings. The molecule has 0 bridgehead atoms. The van der Waals surface area contributed by atoms with Crippen molar-refractivity contribution < 1.29 is 18.3 Å². The van der Waals surface area contributed by atoms with Crippen LogP contribution in [-0.2, 0) is 6.18 Å². The van der Waals surface area contributed by atoms with Crippen LogP contribution in [0.1, 0.15) is 37.7 Å². The third-order valence-corrected chi connectivity index (χ3v) is 4.01. The first kappa shape index (κ1) is 15.6. The molecular weight excluding hydrogens is 335 g/mol. The lowest BCUT2D eigenvalue weighted by molar-refractivity contribution is -0.137. The van der Waals surface area contributed by atoms with E-state index in [2.05, 4.69) is 21.2 Å². The van der Waals surface area contributed by atoms with Gasteiger partial charge < -0.3 is 10.4 Å². The summed E-state index contributed by atoms with van der Waals surface area (Å²) < 4.78 is 38.7. The Hall–Kier alpha value is -0.750. The van der Waals surface area contributed by atoms with Crippen molar-refractivity contribution in [3.63, 3.8) is 0 Å². The summed E-state index contributed by atoms with van der Waals surface area (Å²) >= 11 is 3.10. The summed E-state index contributed by atoms with van der Waals surface area (Å²) in [5.74, 6) is 0. The van der Waals surface area contributed by atoms with Gasteiger partial charge in [-0.15, -0.1) is 0 Å². The van der Waals surface area contributed by atoms with Gasteiger partial charge in [0.1, 0.15) is 0 Å². The molecule has 0 aliphatic heterocycles. The van der Waals surface area contributed by atoms with Crippen molar-refractivity contribution >= 4 is 21.6 Å². The Kier molecular flexibility index (Phi) is 4.96. The minimum Gasteiger partial charge on any atom is -0.391 e. The first-order valence-electron chi connectivity index (χ1n) is 6.68. The number of halogens is 4. The number of anilines is 1. The highest BCUT2D eigenvalue weighted by Crippen LogP contribution is 2.34. The summed E-state index contributed by atoms with van der Waals surface area (Å²) in [7, 11) is 0. The lowest BCUT2D eigenvalue weighted by atomic mass is 10.1. The van der Waals surface area contributed by atoms with Crippen molar-refractivity contribution in [2.45, 2.75) is 50.4 Å². The minimum absolute atomic E-state index is 0.187. The van der Waals surface area contributed by atoms with Gasteiger partial charge in [0, 0.05) is 10.2 Å². The molecule has 6 heteroatoms.